The van der Waals surface area contributed by atoms with Crippen LogP contribution in [0.5, 0.6) is 28.7 Å². The number of amides is 1. The number of nitrogens with one attached hydrogen (secondary N) is 1. The highest BCUT2D eigenvalue weighted by Crippen LogP contribution is 2.59. The van der Waals surface area contributed by atoms with Crippen molar-refractivity contribution in [1.29, 1.82) is 0 Å². The number of ether oxygens (including phenoxy) is 5. The first-order valence-electron chi connectivity index (χ1n) is 27.4. The van der Waals surface area contributed by atoms with Crippen molar-refractivity contribution in [3.05, 3.63) is 190 Å². The van der Waals surface area contributed by atoms with Gasteiger partial charge in [0, 0.05) is 38.7 Å². The molecule has 1 amide bonds. The van der Waals surface area contributed by atoms with Gasteiger partial charge in [-0.05, 0) is 178 Å². The van der Waals surface area contributed by atoms with Crippen LogP contribution in [0.3, 0.4) is 0 Å². The van der Waals surface area contributed by atoms with E-state index in [-0.39, 0.29) is 5.91 Å². The summed E-state index contributed by atoms with van der Waals surface area (Å²) >= 11 is 0. The number of fused-ring (bicyclic) bond motifs is 8. The molecule has 1 fully saturated rings. The molecule has 1 aliphatic heterocycles. The lowest BCUT2D eigenvalue weighted by Crippen LogP contribution is -2.35. The highest BCUT2D eigenvalue weighted by atomic mass is 16.5. The fraction of sp³-hybridized carbons (Fsp3) is 0.290. The molecule has 2 aliphatic carbocycles. The van der Waals surface area contributed by atoms with E-state index in [0.29, 0.717) is 28.7 Å². The first-order chi connectivity index (χ1) is 37.4. The Labute approximate surface area is 456 Å². The Balaban J connectivity index is 0.893. The molecular weight excluding hydrogens is 950 g/mol. The van der Waals surface area contributed by atoms with Gasteiger partial charge >= 0.3 is 0 Å². The van der Waals surface area contributed by atoms with Crippen LogP contribution in [0.2, 0.25) is 0 Å². The van der Waals surface area contributed by atoms with Gasteiger partial charge in [0.25, 0.3) is 5.91 Å². The van der Waals surface area contributed by atoms with Crippen LogP contribution >= 0.6 is 0 Å². The van der Waals surface area contributed by atoms with Crippen LogP contribution in [-0.4, -0.2) is 42.2 Å². The van der Waals surface area contributed by atoms with Gasteiger partial charge in [0.15, 0.2) is 17.1 Å². The maximum Gasteiger partial charge on any atom is 0.255 e. The van der Waals surface area contributed by atoms with Gasteiger partial charge in [0.05, 0.1) is 28.4 Å². The molecule has 8 aromatic rings. The summed E-state index contributed by atoms with van der Waals surface area (Å²) in [5.74, 6) is 4.83. The molecule has 8 heteroatoms. The number of carbonyl (C=O) groups excluding carboxylic acids is 1. The Kier molecular flexibility index (Phi) is 14.0. The molecule has 0 unspecified atom stereocenters. The predicted molar refractivity (Wildman–Crippen MR) is 315 cm³/mol. The zero-order chi connectivity index (χ0) is 53.6. The highest BCUT2D eigenvalue weighted by Gasteiger charge is 2.45. The summed E-state index contributed by atoms with van der Waals surface area (Å²) in [5.41, 5.74) is 14.3. The van der Waals surface area contributed by atoms with Crippen LogP contribution in [0.25, 0.3) is 50.2 Å². The molecule has 0 spiro atoms. The lowest BCUT2D eigenvalue weighted by molar-refractivity contribution is 0.102. The minimum Gasteiger partial charge on any atom is -0.497 e. The Morgan fingerprint density at radius 1 is 0.649 bits per heavy atom. The molecule has 0 atom stereocenters. The number of hydrogen-bond donors (Lipinski definition) is 1. The van der Waals surface area contributed by atoms with Crippen LogP contribution in [-0.2, 0) is 11.0 Å². The molecule has 8 aromatic carbocycles. The normalized spacial score (nSPS) is 16.7. The molecule has 1 saturated carbocycles. The van der Waals surface area contributed by atoms with Crippen molar-refractivity contribution in [2.24, 2.45) is 5.92 Å². The molecule has 0 aromatic heterocycles. The number of benzene rings is 8. The van der Waals surface area contributed by atoms with Gasteiger partial charge in [-0.2, -0.15) is 0 Å². The lowest BCUT2D eigenvalue weighted by atomic mass is 9.71. The van der Waals surface area contributed by atoms with E-state index in [2.05, 4.69) is 118 Å². The van der Waals surface area contributed by atoms with E-state index in [4.69, 9.17) is 31.5 Å². The van der Waals surface area contributed by atoms with Gasteiger partial charge in [-0.15, -0.1) is 0 Å². The van der Waals surface area contributed by atoms with E-state index >= 15 is 0 Å². The summed E-state index contributed by atoms with van der Waals surface area (Å²) in [6, 6.07) is 47.5. The summed E-state index contributed by atoms with van der Waals surface area (Å²) in [6.45, 7) is 8.90. The number of unbranched alkanes of at least 4 members (excludes halogenated alkanes) is 2. The Hall–Kier alpha value is -7.71. The van der Waals surface area contributed by atoms with E-state index in [0.717, 1.165) is 106 Å². The fourth-order valence-corrected chi connectivity index (χ4v) is 12.8. The van der Waals surface area contributed by atoms with E-state index in [1.165, 1.54) is 56.9 Å². The fourth-order valence-electron chi connectivity index (χ4n) is 12.8. The SMILES string of the molecule is [B]c1c(C)c(-c2ccc(NC(=O)c3ccc(-c4ccc(C5CCC(CCCCC)CC5)cc4)cc3)cc2)cc2c1C(C)(C)c1c3c(c4cc(OC)c(OC)cc4c1-2)OC(c1ccc(OC)cc1)(c1ccc(OC)cc1)C=C3. The number of anilines is 1. The maximum absolute atomic E-state index is 13.7. The highest BCUT2D eigenvalue weighted by molar-refractivity contribution is 6.36. The summed E-state index contributed by atoms with van der Waals surface area (Å²) in [5, 5.41) is 4.97. The summed E-state index contributed by atoms with van der Waals surface area (Å²) in [7, 11) is 14.0. The molecule has 0 bridgehead atoms. The Bertz CT molecular complexity index is 3470. The maximum atomic E-state index is 13.7. The average molecular weight is 1020 g/mol. The van der Waals surface area contributed by atoms with Crippen molar-refractivity contribution >= 4 is 41.8 Å². The molecule has 1 N–H and O–H groups in total. The topological polar surface area (TPSA) is 75.3 Å². The van der Waals surface area contributed by atoms with Crippen molar-refractivity contribution in [1.82, 2.24) is 0 Å². The van der Waals surface area contributed by atoms with Crippen molar-refractivity contribution in [3.63, 3.8) is 0 Å². The second-order valence-corrected chi connectivity index (χ2v) is 21.8. The molecule has 0 saturated heterocycles. The largest absolute Gasteiger partial charge is 0.497 e. The zero-order valence-corrected chi connectivity index (χ0v) is 45.8. The Morgan fingerprint density at radius 2 is 1.22 bits per heavy atom. The third-order valence-corrected chi connectivity index (χ3v) is 17.1. The smallest absolute Gasteiger partial charge is 0.255 e. The summed E-state index contributed by atoms with van der Waals surface area (Å²) < 4.78 is 30.8. The number of rotatable bonds is 15. The number of carbonyl (C=O) groups is 1. The van der Waals surface area contributed by atoms with Gasteiger partial charge in [-0.3, -0.25) is 4.79 Å². The average Bonchev–Trinajstić information content (AvgIpc) is 3.96. The van der Waals surface area contributed by atoms with E-state index in [1.807, 2.05) is 66.7 Å². The standard InChI is InChI=1S/C69H68BNO6/c1-9-10-11-12-43-13-15-44(16-14-43)45-17-19-46(20-18-45)47-21-23-49(24-22-47)67(72)71-52-31-25-48(26-32-52)56-39-59-62-57-40-60(75-7)61(76-8)41-58(57)66-55(63(62)68(3,4)64(59)65(70)42(56)2)37-38-69(77-66,50-27-33-53(73-5)34-28-50)51-29-35-54(74-6)36-30-51/h17-41,43-44H,9-16H2,1-8H3,(H,71,72). The second kappa shape index (κ2) is 21.0. The van der Waals surface area contributed by atoms with E-state index < -0.39 is 11.0 Å². The summed E-state index contributed by atoms with van der Waals surface area (Å²) in [6.07, 6.45) is 15.1. The quantitative estimate of drug-likeness (QED) is 0.0815. The number of methoxy groups -OCH3 is 4. The molecule has 2 radical (unpaired) electrons. The van der Waals surface area contributed by atoms with Crippen molar-refractivity contribution in [2.75, 3.05) is 33.8 Å². The number of hydrogen-bond acceptors (Lipinski definition) is 6. The van der Waals surface area contributed by atoms with Crippen molar-refractivity contribution in [2.45, 2.75) is 96.0 Å². The predicted octanol–water partition coefficient (Wildman–Crippen LogP) is 16.1. The second-order valence-electron chi connectivity index (χ2n) is 21.8. The van der Waals surface area contributed by atoms with Gasteiger partial charge in [-0.1, -0.05) is 131 Å². The van der Waals surface area contributed by atoms with Crippen molar-refractivity contribution < 1.29 is 28.5 Å². The van der Waals surface area contributed by atoms with Gasteiger partial charge in [0.1, 0.15) is 25.1 Å². The molecule has 7 nitrogen and oxygen atoms in total. The van der Waals surface area contributed by atoms with Gasteiger partial charge in [0.2, 0.25) is 0 Å². The van der Waals surface area contributed by atoms with Crippen LogP contribution in [0.4, 0.5) is 5.69 Å². The monoisotopic (exact) mass is 1020 g/mol. The molecule has 3 aliphatic rings. The van der Waals surface area contributed by atoms with Crippen molar-refractivity contribution in [3.8, 4) is 62.1 Å². The first-order valence-corrected chi connectivity index (χ1v) is 27.4. The van der Waals surface area contributed by atoms with Crippen LogP contribution in [0, 0.1) is 12.8 Å². The molecule has 1 heterocycles. The van der Waals surface area contributed by atoms with E-state index in [1.54, 1.807) is 28.4 Å². The minimum atomic E-state index is -1.02. The van der Waals surface area contributed by atoms with Gasteiger partial charge in [-0.25, -0.2) is 0 Å². The minimum absolute atomic E-state index is 0.160. The lowest BCUT2D eigenvalue weighted by Gasteiger charge is -2.38. The molecular formula is C69H68BNO6. The molecule has 11 rings (SSSR count). The van der Waals surface area contributed by atoms with Crippen LogP contribution in [0.1, 0.15) is 127 Å². The Morgan fingerprint density at radius 3 is 1.79 bits per heavy atom. The zero-order valence-electron chi connectivity index (χ0n) is 45.8. The van der Waals surface area contributed by atoms with Crippen LogP contribution in [0.15, 0.2) is 146 Å². The van der Waals surface area contributed by atoms with Gasteiger partial charge < -0.3 is 29.0 Å². The van der Waals surface area contributed by atoms with E-state index in [9.17, 15) is 4.79 Å². The third-order valence-electron chi connectivity index (χ3n) is 17.1. The third kappa shape index (κ3) is 9.23. The molecule has 77 heavy (non-hydrogen) atoms. The first kappa shape index (κ1) is 51.4. The molecule has 388 valence electrons. The van der Waals surface area contributed by atoms with Crippen LogP contribution < -0.4 is 34.5 Å². The summed E-state index contributed by atoms with van der Waals surface area (Å²) in [4.78, 5) is 13.7.